The Labute approximate surface area is 181 Å². The van der Waals surface area contributed by atoms with Gasteiger partial charge in [-0.15, -0.1) is 11.3 Å². The molecule has 30 heavy (non-hydrogen) atoms. The molecule has 8 heteroatoms. The molecule has 0 aliphatic carbocycles. The lowest BCUT2D eigenvalue weighted by Crippen LogP contribution is -2.57. The zero-order chi connectivity index (χ0) is 20.9. The average Bonchev–Trinajstić information content (AvgIpc) is 3.27. The first-order valence-electron chi connectivity index (χ1n) is 10.8. The maximum atomic E-state index is 13.2. The molecule has 2 amide bonds. The van der Waals surface area contributed by atoms with Crippen LogP contribution < -0.4 is 5.32 Å². The third-order valence-corrected chi connectivity index (χ3v) is 6.69. The molecule has 3 heterocycles. The number of piperidine rings is 1. The Morgan fingerprint density at radius 3 is 2.60 bits per heavy atom. The fourth-order valence-electron chi connectivity index (χ4n) is 4.15. The second-order valence-electron chi connectivity index (χ2n) is 7.80. The van der Waals surface area contributed by atoms with Crippen molar-refractivity contribution in [2.45, 2.75) is 32.2 Å². The van der Waals surface area contributed by atoms with Crippen molar-refractivity contribution in [2.24, 2.45) is 0 Å². The van der Waals surface area contributed by atoms with Crippen LogP contribution in [0, 0.1) is 0 Å². The number of nitrogens with zero attached hydrogens (tertiary/aromatic N) is 4. The number of hydrogen-bond acceptors (Lipinski definition) is 6. The minimum Gasteiger partial charge on any atom is -0.338 e. The summed E-state index contributed by atoms with van der Waals surface area (Å²) in [5, 5.41) is 5.70. The van der Waals surface area contributed by atoms with Gasteiger partial charge in [-0.05, 0) is 37.9 Å². The number of piperazine rings is 1. The molecule has 2 aliphatic heterocycles. The maximum Gasteiger partial charge on any atom is 0.274 e. The number of para-hydroxylation sites is 1. The second kappa shape index (κ2) is 9.57. The van der Waals surface area contributed by atoms with Crippen molar-refractivity contribution in [3.8, 4) is 0 Å². The summed E-state index contributed by atoms with van der Waals surface area (Å²) in [6.45, 7) is 7.07. The van der Waals surface area contributed by atoms with Gasteiger partial charge in [-0.25, -0.2) is 4.98 Å². The molecule has 1 aromatic heterocycles. The first-order chi connectivity index (χ1) is 14.7. The van der Waals surface area contributed by atoms with Gasteiger partial charge in [-0.1, -0.05) is 25.1 Å². The second-order valence-corrected chi connectivity index (χ2v) is 8.66. The Balaban J connectivity index is 1.43. The SMILES string of the molecule is CCN1CCN(C(=O)[C@@H]2CCCCN2C(=O)c2csc(Nc3ccccc3)n2)CC1. The quantitative estimate of drug-likeness (QED) is 0.794. The lowest BCUT2D eigenvalue weighted by molar-refractivity contribution is -0.139. The van der Waals surface area contributed by atoms with Crippen LogP contribution in [0.4, 0.5) is 10.8 Å². The summed E-state index contributed by atoms with van der Waals surface area (Å²) in [7, 11) is 0. The topological polar surface area (TPSA) is 68.8 Å². The number of hydrogen-bond donors (Lipinski definition) is 1. The van der Waals surface area contributed by atoms with Gasteiger partial charge in [0.25, 0.3) is 5.91 Å². The van der Waals surface area contributed by atoms with Gasteiger partial charge in [-0.3, -0.25) is 9.59 Å². The number of nitrogens with one attached hydrogen (secondary N) is 1. The third kappa shape index (κ3) is 4.65. The number of amides is 2. The normalized spacial score (nSPS) is 20.2. The molecular formula is C22H29N5O2S. The van der Waals surface area contributed by atoms with E-state index in [4.69, 9.17) is 0 Å². The number of thiazole rings is 1. The van der Waals surface area contributed by atoms with Gasteiger partial charge in [0, 0.05) is 43.8 Å². The number of anilines is 2. The molecule has 0 bridgehead atoms. The molecule has 0 unspecified atom stereocenters. The lowest BCUT2D eigenvalue weighted by atomic mass is 10.00. The third-order valence-electron chi connectivity index (χ3n) is 5.93. The van der Waals surface area contributed by atoms with Crippen LogP contribution in [0.2, 0.25) is 0 Å². The van der Waals surface area contributed by atoms with E-state index in [1.807, 2.05) is 35.2 Å². The predicted molar refractivity (Wildman–Crippen MR) is 119 cm³/mol. The highest BCUT2D eigenvalue weighted by Crippen LogP contribution is 2.25. The van der Waals surface area contributed by atoms with E-state index < -0.39 is 0 Å². The number of carbonyl (C=O) groups is 2. The molecule has 0 saturated carbocycles. The van der Waals surface area contributed by atoms with E-state index >= 15 is 0 Å². The van der Waals surface area contributed by atoms with E-state index in [1.54, 1.807) is 10.3 Å². The summed E-state index contributed by atoms with van der Waals surface area (Å²) < 4.78 is 0. The van der Waals surface area contributed by atoms with Crippen molar-refractivity contribution in [1.82, 2.24) is 19.7 Å². The zero-order valence-corrected chi connectivity index (χ0v) is 18.2. The average molecular weight is 428 g/mol. The molecule has 2 saturated heterocycles. The molecule has 1 aromatic carbocycles. The van der Waals surface area contributed by atoms with Gasteiger partial charge in [0.2, 0.25) is 5.91 Å². The Morgan fingerprint density at radius 1 is 1.10 bits per heavy atom. The van der Waals surface area contributed by atoms with Crippen LogP contribution in [0.15, 0.2) is 35.7 Å². The van der Waals surface area contributed by atoms with Gasteiger partial charge in [0.15, 0.2) is 5.13 Å². The minimum absolute atomic E-state index is 0.0941. The zero-order valence-electron chi connectivity index (χ0n) is 17.4. The summed E-state index contributed by atoms with van der Waals surface area (Å²) in [5.41, 5.74) is 1.34. The lowest BCUT2D eigenvalue weighted by Gasteiger charge is -2.40. The summed E-state index contributed by atoms with van der Waals surface area (Å²) in [6, 6.07) is 9.41. The van der Waals surface area contributed by atoms with Crippen LogP contribution in [0.5, 0.6) is 0 Å². The van der Waals surface area contributed by atoms with E-state index in [2.05, 4.69) is 22.1 Å². The molecule has 1 atom stereocenters. The van der Waals surface area contributed by atoms with Crippen LogP contribution >= 0.6 is 11.3 Å². The van der Waals surface area contributed by atoms with Gasteiger partial charge < -0.3 is 20.0 Å². The van der Waals surface area contributed by atoms with Crippen molar-refractivity contribution in [3.05, 3.63) is 41.4 Å². The molecule has 7 nitrogen and oxygen atoms in total. The fraction of sp³-hybridized carbons (Fsp3) is 0.500. The van der Waals surface area contributed by atoms with Gasteiger partial charge in [0.1, 0.15) is 11.7 Å². The monoisotopic (exact) mass is 427 g/mol. The van der Waals surface area contributed by atoms with E-state index in [0.29, 0.717) is 17.4 Å². The highest BCUT2D eigenvalue weighted by Gasteiger charge is 2.36. The first-order valence-corrected chi connectivity index (χ1v) is 11.6. The summed E-state index contributed by atoms with van der Waals surface area (Å²) in [6.07, 6.45) is 2.64. The van der Waals surface area contributed by atoms with Crippen molar-refractivity contribution < 1.29 is 9.59 Å². The molecule has 4 rings (SSSR count). The fourth-order valence-corrected chi connectivity index (χ4v) is 4.85. The van der Waals surface area contributed by atoms with E-state index in [9.17, 15) is 9.59 Å². The molecule has 160 valence electrons. The van der Waals surface area contributed by atoms with Crippen molar-refractivity contribution in [1.29, 1.82) is 0 Å². The Morgan fingerprint density at radius 2 is 1.87 bits per heavy atom. The molecule has 2 aliphatic rings. The number of benzene rings is 1. The summed E-state index contributed by atoms with van der Waals surface area (Å²) in [4.78, 5) is 37.0. The van der Waals surface area contributed by atoms with Crippen LogP contribution in [0.3, 0.4) is 0 Å². The van der Waals surface area contributed by atoms with E-state index in [1.165, 1.54) is 11.3 Å². The Kier molecular flexibility index (Phi) is 6.64. The molecule has 2 aromatic rings. The van der Waals surface area contributed by atoms with E-state index in [-0.39, 0.29) is 17.9 Å². The van der Waals surface area contributed by atoms with Gasteiger partial charge in [0.05, 0.1) is 0 Å². The number of likely N-dealkylation sites (N-methyl/N-ethyl adjacent to an activating group) is 1. The summed E-state index contributed by atoms with van der Waals surface area (Å²) in [5.74, 6) is -0.0470. The Bertz CT molecular complexity index is 863. The Hall–Kier alpha value is -2.45. The summed E-state index contributed by atoms with van der Waals surface area (Å²) >= 11 is 1.41. The number of aromatic nitrogens is 1. The number of likely N-dealkylation sites (tertiary alicyclic amines) is 1. The molecule has 0 radical (unpaired) electrons. The molecule has 1 N–H and O–H groups in total. The van der Waals surface area contributed by atoms with Crippen LogP contribution in [0.1, 0.15) is 36.7 Å². The van der Waals surface area contributed by atoms with Crippen molar-refractivity contribution in [2.75, 3.05) is 44.6 Å². The van der Waals surface area contributed by atoms with Crippen molar-refractivity contribution >= 4 is 34.0 Å². The van der Waals surface area contributed by atoms with Gasteiger partial charge in [-0.2, -0.15) is 0 Å². The minimum atomic E-state index is -0.369. The van der Waals surface area contributed by atoms with Crippen LogP contribution in [0.25, 0.3) is 0 Å². The standard InChI is InChI=1S/C22H29N5O2S/c1-2-25-12-14-26(15-13-25)21(29)19-10-6-7-11-27(19)20(28)18-16-30-22(24-18)23-17-8-4-3-5-9-17/h3-5,8-9,16,19H,2,6-7,10-15H2,1H3,(H,23,24)/t19-/m0/s1. The highest BCUT2D eigenvalue weighted by atomic mass is 32.1. The predicted octanol–water partition coefficient (Wildman–Crippen LogP) is 3.05. The molecule has 0 spiro atoms. The molecular weight excluding hydrogens is 398 g/mol. The van der Waals surface area contributed by atoms with Crippen LogP contribution in [-0.4, -0.2) is 76.8 Å². The number of rotatable bonds is 5. The smallest absolute Gasteiger partial charge is 0.274 e. The highest BCUT2D eigenvalue weighted by molar-refractivity contribution is 7.14. The van der Waals surface area contributed by atoms with Gasteiger partial charge >= 0.3 is 0 Å². The van der Waals surface area contributed by atoms with Crippen molar-refractivity contribution in [3.63, 3.8) is 0 Å². The maximum absolute atomic E-state index is 13.2. The number of carbonyl (C=O) groups excluding carboxylic acids is 2. The largest absolute Gasteiger partial charge is 0.338 e. The first kappa shape index (κ1) is 20.8. The molecule has 2 fully saturated rings. The van der Waals surface area contributed by atoms with Crippen LogP contribution in [-0.2, 0) is 4.79 Å². The van der Waals surface area contributed by atoms with E-state index in [0.717, 1.165) is 57.7 Å².